The third-order valence-corrected chi connectivity index (χ3v) is 4.35. The molecule has 0 N–H and O–H groups in total. The molecule has 0 aliphatic rings. The highest BCUT2D eigenvalue weighted by Gasteiger charge is 2.09. The third kappa shape index (κ3) is 4.36. The average molecular weight is 391 g/mol. The lowest BCUT2D eigenvalue weighted by Crippen LogP contribution is -2.03. The summed E-state index contributed by atoms with van der Waals surface area (Å²) in [7, 11) is 1.74. The van der Waals surface area contributed by atoms with Crippen LogP contribution < -0.4 is 4.74 Å². The molecule has 0 fully saturated rings. The molecular weight excluding hydrogens is 375 g/mol. The SMILES string of the molecule is Cc1cc(C(=O)/C=C\c2ccc(COc3ccc(Cl)c(Cl)c3)o2)n(C)n1. The first-order valence-electron chi connectivity index (χ1n) is 7.82. The quantitative estimate of drug-likeness (QED) is 0.433. The fourth-order valence-electron chi connectivity index (χ4n) is 2.37. The highest BCUT2D eigenvalue weighted by Crippen LogP contribution is 2.27. The number of nitrogens with zero attached hydrogens (tertiary/aromatic N) is 2. The lowest BCUT2D eigenvalue weighted by atomic mass is 10.2. The number of aromatic nitrogens is 2. The van der Waals surface area contributed by atoms with Crippen LogP contribution in [0, 0.1) is 6.92 Å². The van der Waals surface area contributed by atoms with Gasteiger partial charge in [0.05, 0.1) is 15.7 Å². The zero-order valence-electron chi connectivity index (χ0n) is 14.2. The number of allylic oxidation sites excluding steroid dienone is 1. The summed E-state index contributed by atoms with van der Waals surface area (Å²) in [4.78, 5) is 12.2. The number of carbonyl (C=O) groups is 1. The molecule has 0 spiro atoms. The maximum absolute atomic E-state index is 12.2. The van der Waals surface area contributed by atoms with Crippen molar-refractivity contribution in [3.05, 3.63) is 75.4 Å². The molecule has 2 heterocycles. The van der Waals surface area contributed by atoms with Gasteiger partial charge in [0.2, 0.25) is 5.78 Å². The molecule has 134 valence electrons. The van der Waals surface area contributed by atoms with E-state index in [1.165, 1.54) is 6.08 Å². The van der Waals surface area contributed by atoms with Crippen LogP contribution in [0.2, 0.25) is 10.0 Å². The minimum Gasteiger partial charge on any atom is -0.486 e. The number of carbonyl (C=O) groups excluding carboxylic acids is 1. The number of benzene rings is 1. The van der Waals surface area contributed by atoms with Gasteiger partial charge < -0.3 is 9.15 Å². The topological polar surface area (TPSA) is 57.3 Å². The first-order valence-corrected chi connectivity index (χ1v) is 8.57. The predicted molar refractivity (Wildman–Crippen MR) is 101 cm³/mol. The van der Waals surface area contributed by atoms with Gasteiger partial charge in [0.15, 0.2) is 0 Å². The van der Waals surface area contributed by atoms with Crippen LogP contribution in [0.4, 0.5) is 0 Å². The molecule has 0 radical (unpaired) electrons. The smallest absolute Gasteiger partial charge is 0.203 e. The van der Waals surface area contributed by atoms with Gasteiger partial charge in [-0.2, -0.15) is 5.10 Å². The van der Waals surface area contributed by atoms with Gasteiger partial charge in [0, 0.05) is 13.1 Å². The molecule has 0 atom stereocenters. The van der Waals surface area contributed by atoms with Gasteiger partial charge in [-0.1, -0.05) is 23.2 Å². The summed E-state index contributed by atoms with van der Waals surface area (Å²) in [5.41, 5.74) is 1.32. The molecule has 0 bridgehead atoms. The van der Waals surface area contributed by atoms with Gasteiger partial charge in [-0.05, 0) is 49.4 Å². The van der Waals surface area contributed by atoms with Crippen molar-refractivity contribution in [2.75, 3.05) is 0 Å². The van der Waals surface area contributed by atoms with Gasteiger partial charge in [-0.3, -0.25) is 9.48 Å². The Labute approximate surface area is 160 Å². The first kappa shape index (κ1) is 18.3. The Morgan fingerprint density at radius 3 is 2.73 bits per heavy atom. The highest BCUT2D eigenvalue weighted by atomic mass is 35.5. The molecule has 5 nitrogen and oxygen atoms in total. The molecule has 0 saturated heterocycles. The van der Waals surface area contributed by atoms with E-state index in [0.717, 1.165) is 5.69 Å². The number of furan rings is 1. The maximum Gasteiger partial charge on any atom is 0.203 e. The van der Waals surface area contributed by atoms with Crippen LogP contribution in [0.15, 0.2) is 46.9 Å². The Bertz CT molecular complexity index is 973. The van der Waals surface area contributed by atoms with Gasteiger partial charge in [-0.25, -0.2) is 0 Å². The fourth-order valence-corrected chi connectivity index (χ4v) is 2.66. The largest absolute Gasteiger partial charge is 0.486 e. The van der Waals surface area contributed by atoms with E-state index >= 15 is 0 Å². The van der Waals surface area contributed by atoms with E-state index in [4.69, 9.17) is 32.4 Å². The second-order valence-corrected chi connectivity index (χ2v) is 6.48. The van der Waals surface area contributed by atoms with E-state index in [0.29, 0.717) is 33.0 Å². The van der Waals surface area contributed by atoms with Crippen LogP contribution in [-0.2, 0) is 13.7 Å². The molecule has 7 heteroatoms. The zero-order chi connectivity index (χ0) is 18.7. The number of aryl methyl sites for hydroxylation is 2. The number of halogens is 2. The monoisotopic (exact) mass is 390 g/mol. The molecule has 0 unspecified atom stereocenters. The molecule has 3 aromatic rings. The molecule has 3 rings (SSSR count). The Morgan fingerprint density at radius 2 is 2.04 bits per heavy atom. The van der Waals surface area contributed by atoms with Gasteiger partial charge in [0.25, 0.3) is 0 Å². The van der Waals surface area contributed by atoms with Crippen LogP contribution in [-0.4, -0.2) is 15.6 Å². The van der Waals surface area contributed by atoms with Gasteiger partial charge in [0.1, 0.15) is 29.6 Å². The number of ether oxygens (including phenoxy) is 1. The second kappa shape index (κ2) is 7.81. The second-order valence-electron chi connectivity index (χ2n) is 5.66. The van der Waals surface area contributed by atoms with Crippen LogP contribution in [0.1, 0.15) is 27.7 Å². The van der Waals surface area contributed by atoms with Crippen molar-refractivity contribution in [3.8, 4) is 5.75 Å². The summed E-state index contributed by atoms with van der Waals surface area (Å²) < 4.78 is 12.8. The van der Waals surface area contributed by atoms with E-state index in [-0.39, 0.29) is 12.4 Å². The molecule has 0 saturated carbocycles. The Kier molecular flexibility index (Phi) is 5.49. The molecule has 26 heavy (non-hydrogen) atoms. The maximum atomic E-state index is 12.2. The summed E-state index contributed by atoms with van der Waals surface area (Å²) in [6.07, 6.45) is 3.08. The molecule has 0 aliphatic carbocycles. The van der Waals surface area contributed by atoms with Crippen molar-refractivity contribution in [1.29, 1.82) is 0 Å². The average Bonchev–Trinajstić information content (AvgIpc) is 3.19. The fraction of sp³-hybridized carbons (Fsp3) is 0.158. The van der Waals surface area contributed by atoms with Crippen LogP contribution in [0.5, 0.6) is 5.75 Å². The summed E-state index contributed by atoms with van der Waals surface area (Å²) >= 11 is 11.8. The van der Waals surface area contributed by atoms with Crippen molar-refractivity contribution in [2.24, 2.45) is 7.05 Å². The number of rotatable bonds is 6. The predicted octanol–water partition coefficient (Wildman–Crippen LogP) is 5.10. The zero-order valence-corrected chi connectivity index (χ0v) is 15.7. The van der Waals surface area contributed by atoms with Crippen LogP contribution >= 0.6 is 23.2 Å². The van der Waals surface area contributed by atoms with E-state index in [1.54, 1.807) is 54.2 Å². The summed E-state index contributed by atoms with van der Waals surface area (Å²) in [5, 5.41) is 5.06. The molecule has 0 amide bonds. The van der Waals surface area contributed by atoms with Gasteiger partial charge in [-0.15, -0.1) is 0 Å². The Hall–Kier alpha value is -2.50. The van der Waals surface area contributed by atoms with Crippen molar-refractivity contribution in [1.82, 2.24) is 9.78 Å². The molecular formula is C19H16Cl2N2O3. The van der Waals surface area contributed by atoms with Crippen molar-refractivity contribution in [3.63, 3.8) is 0 Å². The van der Waals surface area contributed by atoms with E-state index in [1.807, 2.05) is 6.92 Å². The third-order valence-electron chi connectivity index (χ3n) is 3.61. The minimum absolute atomic E-state index is 0.141. The van der Waals surface area contributed by atoms with E-state index in [9.17, 15) is 4.79 Å². The lowest BCUT2D eigenvalue weighted by Gasteiger charge is -2.05. The number of hydrogen-bond acceptors (Lipinski definition) is 4. The Morgan fingerprint density at radius 1 is 1.23 bits per heavy atom. The van der Waals surface area contributed by atoms with Gasteiger partial charge >= 0.3 is 0 Å². The minimum atomic E-state index is -0.141. The Balaban J connectivity index is 1.61. The molecule has 0 aliphatic heterocycles. The molecule has 1 aromatic carbocycles. The highest BCUT2D eigenvalue weighted by molar-refractivity contribution is 6.42. The number of ketones is 1. The summed E-state index contributed by atoms with van der Waals surface area (Å²) in [6, 6.07) is 10.3. The van der Waals surface area contributed by atoms with Crippen LogP contribution in [0.25, 0.3) is 6.08 Å². The first-order chi connectivity index (χ1) is 12.4. The van der Waals surface area contributed by atoms with Crippen molar-refractivity contribution >= 4 is 35.1 Å². The summed E-state index contributed by atoms with van der Waals surface area (Å²) in [6.45, 7) is 2.08. The normalized spacial score (nSPS) is 11.2. The standard InChI is InChI=1S/C19H16Cl2N2O3/c1-12-9-18(23(2)22-12)19(24)8-6-13-3-4-15(26-13)11-25-14-5-7-16(20)17(21)10-14/h3-10H,11H2,1-2H3/b8-6-. The van der Waals surface area contributed by atoms with Crippen molar-refractivity contribution in [2.45, 2.75) is 13.5 Å². The van der Waals surface area contributed by atoms with E-state index < -0.39 is 0 Å². The lowest BCUT2D eigenvalue weighted by molar-refractivity contribution is 0.103. The van der Waals surface area contributed by atoms with Crippen molar-refractivity contribution < 1.29 is 13.9 Å². The van der Waals surface area contributed by atoms with E-state index in [2.05, 4.69) is 5.10 Å². The molecule has 2 aromatic heterocycles. The van der Waals surface area contributed by atoms with Crippen LogP contribution in [0.3, 0.4) is 0 Å². The summed E-state index contributed by atoms with van der Waals surface area (Å²) in [5.74, 6) is 1.64. The number of hydrogen-bond donors (Lipinski definition) is 0.